The molecule has 0 radical (unpaired) electrons. The first kappa shape index (κ1) is 17.9. The number of aromatic nitrogens is 3. The first-order valence-electron chi connectivity index (χ1n) is 10.4. The normalized spacial score (nSPS) is 18.5. The maximum absolute atomic E-state index is 6.09. The number of fused-ring (bicyclic) bond motifs is 4. The standard InChI is InChI=1S/C24H21N5O2/c1-2-10-28-15-18(27-23(28)3-1)16-31-19-4-5-20-22(13-19)30-12-11-29-24(20)21(14-26-29)17-6-8-25-9-7-17/h1-10,13-14,18H,11-12,15-16H2. The van der Waals surface area contributed by atoms with Crippen LogP contribution in [0.1, 0.15) is 0 Å². The molecule has 7 nitrogen and oxygen atoms in total. The van der Waals surface area contributed by atoms with Gasteiger partial charge in [-0.2, -0.15) is 5.10 Å². The van der Waals surface area contributed by atoms with E-state index in [2.05, 4.69) is 27.2 Å². The highest BCUT2D eigenvalue weighted by Crippen LogP contribution is 2.40. The van der Waals surface area contributed by atoms with E-state index in [-0.39, 0.29) is 6.04 Å². The lowest BCUT2D eigenvalue weighted by molar-refractivity contribution is 0.277. The van der Waals surface area contributed by atoms with E-state index in [4.69, 9.17) is 14.5 Å². The molecule has 0 amide bonds. The molecule has 31 heavy (non-hydrogen) atoms. The zero-order valence-electron chi connectivity index (χ0n) is 16.9. The Morgan fingerprint density at radius 2 is 2.03 bits per heavy atom. The lowest BCUT2D eigenvalue weighted by Gasteiger charge is -2.16. The molecule has 0 saturated carbocycles. The van der Waals surface area contributed by atoms with Crippen LogP contribution in [0.3, 0.4) is 0 Å². The van der Waals surface area contributed by atoms with Gasteiger partial charge in [-0.25, -0.2) is 0 Å². The van der Waals surface area contributed by atoms with Crippen LogP contribution in [0.4, 0.5) is 0 Å². The van der Waals surface area contributed by atoms with Crippen molar-refractivity contribution in [2.24, 2.45) is 4.99 Å². The molecule has 1 unspecified atom stereocenters. The van der Waals surface area contributed by atoms with Gasteiger partial charge in [0.25, 0.3) is 0 Å². The van der Waals surface area contributed by atoms with Gasteiger partial charge in [0.1, 0.15) is 36.6 Å². The zero-order valence-corrected chi connectivity index (χ0v) is 16.9. The van der Waals surface area contributed by atoms with E-state index in [9.17, 15) is 0 Å². The number of allylic oxidation sites excluding steroid dienone is 2. The van der Waals surface area contributed by atoms with E-state index in [1.807, 2.05) is 53.4 Å². The summed E-state index contributed by atoms with van der Waals surface area (Å²) in [6.45, 7) is 2.62. The maximum Gasteiger partial charge on any atom is 0.132 e. The molecule has 5 heterocycles. The smallest absolute Gasteiger partial charge is 0.132 e. The van der Waals surface area contributed by atoms with Crippen molar-refractivity contribution in [3.63, 3.8) is 0 Å². The van der Waals surface area contributed by atoms with Crippen LogP contribution in [0, 0.1) is 0 Å². The Balaban J connectivity index is 1.26. The number of nitrogens with zero attached hydrogens (tertiary/aromatic N) is 5. The third-order valence-electron chi connectivity index (χ3n) is 5.68. The van der Waals surface area contributed by atoms with Crippen LogP contribution in [-0.2, 0) is 6.54 Å². The molecule has 3 aliphatic rings. The van der Waals surface area contributed by atoms with Gasteiger partial charge < -0.3 is 14.4 Å². The Morgan fingerprint density at radius 1 is 1.10 bits per heavy atom. The van der Waals surface area contributed by atoms with Crippen LogP contribution in [0.25, 0.3) is 22.4 Å². The van der Waals surface area contributed by atoms with Gasteiger partial charge in [0, 0.05) is 42.3 Å². The van der Waals surface area contributed by atoms with Gasteiger partial charge in [-0.3, -0.25) is 14.7 Å². The average Bonchev–Trinajstić information content (AvgIpc) is 3.38. The Bertz CT molecular complexity index is 1210. The van der Waals surface area contributed by atoms with Crippen molar-refractivity contribution in [1.82, 2.24) is 19.7 Å². The Labute approximate surface area is 180 Å². The highest BCUT2D eigenvalue weighted by molar-refractivity contribution is 5.96. The Hall–Kier alpha value is -3.87. The molecule has 0 spiro atoms. The molecule has 6 rings (SSSR count). The van der Waals surface area contributed by atoms with Crippen LogP contribution in [0.2, 0.25) is 0 Å². The van der Waals surface area contributed by atoms with Crippen LogP contribution in [0.5, 0.6) is 11.5 Å². The second kappa shape index (κ2) is 7.43. The van der Waals surface area contributed by atoms with Crippen molar-refractivity contribution in [3.05, 3.63) is 73.4 Å². The first-order chi connectivity index (χ1) is 15.3. The summed E-state index contributed by atoms with van der Waals surface area (Å²) in [5.74, 6) is 2.60. The fourth-order valence-corrected chi connectivity index (χ4v) is 4.21. The quantitative estimate of drug-likeness (QED) is 0.657. The van der Waals surface area contributed by atoms with E-state index < -0.39 is 0 Å². The van der Waals surface area contributed by atoms with E-state index in [1.165, 1.54) is 0 Å². The van der Waals surface area contributed by atoms with Crippen molar-refractivity contribution in [1.29, 1.82) is 0 Å². The molecule has 0 saturated heterocycles. The summed E-state index contributed by atoms with van der Waals surface area (Å²) >= 11 is 0. The summed E-state index contributed by atoms with van der Waals surface area (Å²) in [6.07, 6.45) is 13.6. The number of rotatable bonds is 4. The van der Waals surface area contributed by atoms with Crippen molar-refractivity contribution < 1.29 is 9.47 Å². The highest BCUT2D eigenvalue weighted by atomic mass is 16.5. The fourth-order valence-electron chi connectivity index (χ4n) is 4.21. The van der Waals surface area contributed by atoms with Gasteiger partial charge in [-0.1, -0.05) is 6.08 Å². The average molecular weight is 411 g/mol. The molecular formula is C24H21N5O2. The van der Waals surface area contributed by atoms with Crippen LogP contribution in [-0.4, -0.2) is 51.3 Å². The topological polar surface area (TPSA) is 64.8 Å². The monoisotopic (exact) mass is 411 g/mol. The van der Waals surface area contributed by atoms with E-state index in [0.717, 1.165) is 46.3 Å². The van der Waals surface area contributed by atoms with E-state index in [0.29, 0.717) is 19.8 Å². The SMILES string of the molecule is C1=CC2=NC(COc3ccc4c(c3)OCCn3ncc(-c5ccncc5)c3-4)CN2C=C1. The molecular weight excluding hydrogens is 390 g/mol. The molecule has 0 fully saturated rings. The van der Waals surface area contributed by atoms with Crippen LogP contribution >= 0.6 is 0 Å². The molecule has 2 aromatic heterocycles. The first-order valence-corrected chi connectivity index (χ1v) is 10.4. The number of aliphatic imine (C=N–C) groups is 1. The Morgan fingerprint density at radius 3 is 2.94 bits per heavy atom. The van der Waals surface area contributed by atoms with Gasteiger partial charge in [-0.15, -0.1) is 0 Å². The molecule has 3 aliphatic heterocycles. The summed E-state index contributed by atoms with van der Waals surface area (Å²) in [6, 6.07) is 10.1. The minimum Gasteiger partial charge on any atom is -0.491 e. The van der Waals surface area contributed by atoms with Gasteiger partial charge in [0.2, 0.25) is 0 Å². The third kappa shape index (κ3) is 3.28. The number of benzene rings is 1. The number of hydrogen-bond donors (Lipinski definition) is 0. The van der Waals surface area contributed by atoms with E-state index >= 15 is 0 Å². The van der Waals surface area contributed by atoms with Crippen molar-refractivity contribution >= 4 is 5.84 Å². The molecule has 154 valence electrons. The minimum atomic E-state index is 0.113. The summed E-state index contributed by atoms with van der Waals surface area (Å²) < 4.78 is 14.2. The lowest BCUT2D eigenvalue weighted by Crippen LogP contribution is -2.26. The summed E-state index contributed by atoms with van der Waals surface area (Å²) in [4.78, 5) is 11.0. The predicted molar refractivity (Wildman–Crippen MR) is 118 cm³/mol. The lowest BCUT2D eigenvalue weighted by atomic mass is 10.0. The summed E-state index contributed by atoms with van der Waals surface area (Å²) in [7, 11) is 0. The summed E-state index contributed by atoms with van der Waals surface area (Å²) in [5, 5.41) is 4.59. The second-order valence-electron chi connectivity index (χ2n) is 7.68. The van der Waals surface area contributed by atoms with Gasteiger partial charge in [-0.05, 0) is 42.0 Å². The van der Waals surface area contributed by atoms with Gasteiger partial charge >= 0.3 is 0 Å². The number of amidine groups is 1. The van der Waals surface area contributed by atoms with Crippen molar-refractivity contribution in [2.75, 3.05) is 19.8 Å². The third-order valence-corrected chi connectivity index (χ3v) is 5.68. The number of ether oxygens (including phenoxy) is 2. The summed E-state index contributed by atoms with van der Waals surface area (Å²) in [5.41, 5.74) is 4.23. The molecule has 7 heteroatoms. The fraction of sp³-hybridized carbons (Fsp3) is 0.208. The molecule has 0 aliphatic carbocycles. The highest BCUT2D eigenvalue weighted by Gasteiger charge is 2.25. The predicted octanol–water partition coefficient (Wildman–Crippen LogP) is 3.55. The number of hydrogen-bond acceptors (Lipinski definition) is 6. The largest absolute Gasteiger partial charge is 0.491 e. The van der Waals surface area contributed by atoms with E-state index in [1.54, 1.807) is 12.4 Å². The van der Waals surface area contributed by atoms with Crippen LogP contribution < -0.4 is 9.47 Å². The zero-order chi connectivity index (χ0) is 20.6. The molecule has 1 aromatic carbocycles. The molecule has 3 aromatic rings. The van der Waals surface area contributed by atoms with Gasteiger partial charge in [0.05, 0.1) is 18.4 Å². The Kier molecular flexibility index (Phi) is 4.30. The van der Waals surface area contributed by atoms with Gasteiger partial charge in [0.15, 0.2) is 0 Å². The van der Waals surface area contributed by atoms with Crippen LogP contribution in [0.15, 0.2) is 78.3 Å². The second-order valence-corrected chi connectivity index (χ2v) is 7.68. The minimum absolute atomic E-state index is 0.113. The molecule has 1 atom stereocenters. The number of pyridine rings is 1. The molecule has 0 bridgehead atoms. The molecule has 0 N–H and O–H groups in total. The van der Waals surface area contributed by atoms with Crippen molar-refractivity contribution in [3.8, 4) is 33.9 Å². The maximum atomic E-state index is 6.09. The van der Waals surface area contributed by atoms with Crippen molar-refractivity contribution in [2.45, 2.75) is 12.6 Å².